The quantitative estimate of drug-likeness (QED) is 0.820. The van der Waals surface area contributed by atoms with Gasteiger partial charge in [-0.25, -0.2) is 8.78 Å². The predicted molar refractivity (Wildman–Crippen MR) is 65.4 cm³/mol. The molecule has 3 atom stereocenters. The lowest BCUT2D eigenvalue weighted by Crippen LogP contribution is -2.52. The van der Waals surface area contributed by atoms with Crippen LogP contribution in [0.25, 0.3) is 0 Å². The second-order valence-electron chi connectivity index (χ2n) is 5.70. The van der Waals surface area contributed by atoms with Crippen molar-refractivity contribution in [1.29, 1.82) is 0 Å². The van der Waals surface area contributed by atoms with Gasteiger partial charge in [0.1, 0.15) is 0 Å². The van der Waals surface area contributed by atoms with Crippen molar-refractivity contribution >= 4 is 0 Å². The zero-order valence-corrected chi connectivity index (χ0v) is 10.7. The Bertz CT molecular complexity index is 235. The Hall–Kier alpha value is -0.220. The zero-order chi connectivity index (χ0) is 12.3. The van der Waals surface area contributed by atoms with Gasteiger partial charge in [-0.1, -0.05) is 12.8 Å². The molecule has 2 nitrogen and oxygen atoms in total. The molecule has 2 rings (SSSR count). The highest BCUT2D eigenvalue weighted by atomic mass is 19.3. The van der Waals surface area contributed by atoms with Crippen LogP contribution in [-0.2, 0) is 0 Å². The highest BCUT2D eigenvalue weighted by molar-refractivity contribution is 4.90. The summed E-state index contributed by atoms with van der Waals surface area (Å²) in [7, 11) is 1.79. The second kappa shape index (κ2) is 6.10. The lowest BCUT2D eigenvalue weighted by atomic mass is 9.78. The lowest BCUT2D eigenvalue weighted by molar-refractivity contribution is 0.0857. The fourth-order valence-electron chi connectivity index (χ4n) is 3.40. The van der Waals surface area contributed by atoms with Crippen LogP contribution in [0.4, 0.5) is 8.78 Å². The molecule has 2 aliphatic rings. The highest BCUT2D eigenvalue weighted by Gasteiger charge is 2.31. The molecule has 1 saturated carbocycles. The molecule has 1 aliphatic heterocycles. The van der Waals surface area contributed by atoms with E-state index in [1.807, 2.05) is 0 Å². The summed E-state index contributed by atoms with van der Waals surface area (Å²) < 4.78 is 24.5. The van der Waals surface area contributed by atoms with Gasteiger partial charge in [0.25, 0.3) is 6.43 Å². The summed E-state index contributed by atoms with van der Waals surface area (Å²) in [5, 5.41) is 3.67. The van der Waals surface area contributed by atoms with E-state index in [0.717, 1.165) is 18.9 Å². The van der Waals surface area contributed by atoms with Gasteiger partial charge in [-0.3, -0.25) is 4.90 Å². The van der Waals surface area contributed by atoms with E-state index in [1.54, 1.807) is 11.9 Å². The Kier molecular flexibility index (Phi) is 4.74. The lowest BCUT2D eigenvalue weighted by Gasteiger charge is -2.41. The number of nitrogens with one attached hydrogen (secondary N) is 1. The van der Waals surface area contributed by atoms with E-state index in [4.69, 9.17) is 0 Å². The molecular weight excluding hydrogens is 222 g/mol. The summed E-state index contributed by atoms with van der Waals surface area (Å²) in [4.78, 5) is 1.76. The standard InChI is InChI=1S/C13H24F2N2/c1-17(9-13(14)15)8-11-7-6-10-4-2-3-5-12(10)16-11/h10-13,16H,2-9H2,1H3. The molecule has 0 spiro atoms. The highest BCUT2D eigenvalue weighted by Crippen LogP contribution is 2.32. The Morgan fingerprint density at radius 1 is 1.18 bits per heavy atom. The van der Waals surface area contributed by atoms with Crippen LogP contribution in [0.2, 0.25) is 0 Å². The van der Waals surface area contributed by atoms with Crippen LogP contribution in [0.15, 0.2) is 0 Å². The maximum atomic E-state index is 12.2. The molecule has 1 saturated heterocycles. The number of halogens is 2. The molecule has 0 aromatic rings. The van der Waals surface area contributed by atoms with Crippen molar-refractivity contribution in [1.82, 2.24) is 10.2 Å². The summed E-state index contributed by atoms with van der Waals surface area (Å²) in [6, 6.07) is 1.07. The summed E-state index contributed by atoms with van der Waals surface area (Å²) in [5.41, 5.74) is 0. The largest absolute Gasteiger partial charge is 0.310 e. The molecule has 1 heterocycles. The third-order valence-corrected chi connectivity index (χ3v) is 4.23. The van der Waals surface area contributed by atoms with Gasteiger partial charge in [-0.05, 0) is 38.6 Å². The smallest absolute Gasteiger partial charge is 0.251 e. The minimum Gasteiger partial charge on any atom is -0.310 e. The monoisotopic (exact) mass is 246 g/mol. The number of hydrogen-bond acceptors (Lipinski definition) is 2. The fourth-order valence-corrected chi connectivity index (χ4v) is 3.40. The first kappa shape index (κ1) is 13.2. The molecule has 100 valence electrons. The van der Waals surface area contributed by atoms with Crippen LogP contribution in [0, 0.1) is 5.92 Å². The van der Waals surface area contributed by atoms with Crippen molar-refractivity contribution in [2.24, 2.45) is 5.92 Å². The van der Waals surface area contributed by atoms with Gasteiger partial charge in [0.05, 0.1) is 6.54 Å². The van der Waals surface area contributed by atoms with Gasteiger partial charge in [0.2, 0.25) is 0 Å². The van der Waals surface area contributed by atoms with Crippen LogP contribution in [0.3, 0.4) is 0 Å². The first-order chi connectivity index (χ1) is 8.15. The van der Waals surface area contributed by atoms with Crippen LogP contribution >= 0.6 is 0 Å². The molecule has 0 amide bonds. The van der Waals surface area contributed by atoms with Crippen LogP contribution in [0.5, 0.6) is 0 Å². The van der Waals surface area contributed by atoms with E-state index in [-0.39, 0.29) is 6.54 Å². The van der Waals surface area contributed by atoms with E-state index in [0.29, 0.717) is 12.1 Å². The maximum absolute atomic E-state index is 12.2. The Labute approximate surface area is 103 Å². The van der Waals surface area contributed by atoms with Crippen LogP contribution in [0.1, 0.15) is 38.5 Å². The Morgan fingerprint density at radius 2 is 1.94 bits per heavy atom. The molecule has 3 unspecified atom stereocenters. The Balaban J connectivity index is 1.75. The van der Waals surface area contributed by atoms with Gasteiger partial charge in [0.15, 0.2) is 0 Å². The molecule has 1 aliphatic carbocycles. The molecule has 17 heavy (non-hydrogen) atoms. The third-order valence-electron chi connectivity index (χ3n) is 4.23. The molecule has 1 N–H and O–H groups in total. The summed E-state index contributed by atoms with van der Waals surface area (Å²) in [6.45, 7) is 0.653. The molecule has 2 fully saturated rings. The normalized spacial score (nSPS) is 34.1. The minimum atomic E-state index is -2.22. The fraction of sp³-hybridized carbons (Fsp3) is 1.00. The van der Waals surface area contributed by atoms with Crippen molar-refractivity contribution in [3.8, 4) is 0 Å². The van der Waals surface area contributed by atoms with Gasteiger partial charge in [-0.2, -0.15) is 0 Å². The Morgan fingerprint density at radius 3 is 2.71 bits per heavy atom. The minimum absolute atomic E-state index is 0.105. The van der Waals surface area contributed by atoms with Crippen LogP contribution in [-0.4, -0.2) is 43.5 Å². The average Bonchev–Trinajstić information content (AvgIpc) is 2.27. The SMILES string of the molecule is CN(CC(F)F)CC1CCC2CCCCC2N1. The number of nitrogens with zero attached hydrogens (tertiary/aromatic N) is 1. The van der Waals surface area contributed by atoms with Crippen molar-refractivity contribution in [2.75, 3.05) is 20.1 Å². The molecule has 4 heteroatoms. The molecule has 0 aromatic heterocycles. The van der Waals surface area contributed by atoms with Crippen molar-refractivity contribution in [3.05, 3.63) is 0 Å². The summed E-state index contributed by atoms with van der Waals surface area (Å²) in [5.74, 6) is 0.848. The maximum Gasteiger partial charge on any atom is 0.251 e. The number of likely N-dealkylation sites (N-methyl/N-ethyl adjacent to an activating group) is 1. The van der Waals surface area contributed by atoms with Crippen LogP contribution < -0.4 is 5.32 Å². The van der Waals surface area contributed by atoms with E-state index < -0.39 is 6.43 Å². The zero-order valence-electron chi connectivity index (χ0n) is 10.7. The van der Waals surface area contributed by atoms with E-state index in [2.05, 4.69) is 5.32 Å². The number of rotatable bonds is 4. The molecule has 0 aromatic carbocycles. The number of fused-ring (bicyclic) bond motifs is 1. The van der Waals surface area contributed by atoms with E-state index in [9.17, 15) is 8.78 Å². The average molecular weight is 246 g/mol. The summed E-state index contributed by atoms with van der Waals surface area (Å²) >= 11 is 0. The number of alkyl halides is 2. The summed E-state index contributed by atoms with van der Waals surface area (Å²) in [6.07, 6.45) is 5.55. The van der Waals surface area contributed by atoms with Gasteiger partial charge >= 0.3 is 0 Å². The number of piperidine rings is 1. The second-order valence-corrected chi connectivity index (χ2v) is 5.70. The molecule has 0 radical (unpaired) electrons. The van der Waals surface area contributed by atoms with Crippen molar-refractivity contribution in [3.63, 3.8) is 0 Å². The topological polar surface area (TPSA) is 15.3 Å². The van der Waals surface area contributed by atoms with Crippen molar-refractivity contribution in [2.45, 2.75) is 57.0 Å². The first-order valence-corrected chi connectivity index (χ1v) is 6.88. The van der Waals surface area contributed by atoms with Gasteiger partial charge in [0, 0.05) is 18.6 Å². The third kappa shape index (κ3) is 3.88. The number of hydrogen-bond donors (Lipinski definition) is 1. The van der Waals surface area contributed by atoms with Gasteiger partial charge in [-0.15, -0.1) is 0 Å². The molecule has 0 bridgehead atoms. The van der Waals surface area contributed by atoms with Gasteiger partial charge < -0.3 is 5.32 Å². The van der Waals surface area contributed by atoms with Crippen molar-refractivity contribution < 1.29 is 8.78 Å². The first-order valence-electron chi connectivity index (χ1n) is 6.88. The van der Waals surface area contributed by atoms with E-state index in [1.165, 1.54) is 32.1 Å². The predicted octanol–water partition coefficient (Wildman–Crippen LogP) is 2.49. The molecular formula is C13H24F2N2. The van der Waals surface area contributed by atoms with E-state index >= 15 is 0 Å².